The van der Waals surface area contributed by atoms with E-state index < -0.39 is 23.4 Å². The zero-order valence-electron chi connectivity index (χ0n) is 14.1. The van der Waals surface area contributed by atoms with Crippen molar-refractivity contribution in [3.05, 3.63) is 46.1 Å². The Hall–Kier alpha value is -2.00. The molecule has 1 aromatic heterocycles. The molecule has 0 atom stereocenters. The Morgan fingerprint density at radius 2 is 2.11 bits per heavy atom. The molecule has 3 rings (SSSR count). The summed E-state index contributed by atoms with van der Waals surface area (Å²) in [6, 6.07) is 7.01. The summed E-state index contributed by atoms with van der Waals surface area (Å²) in [5.41, 5.74) is -2.03. The van der Waals surface area contributed by atoms with Gasteiger partial charge in [-0.25, -0.2) is 0 Å². The first-order valence-electron chi connectivity index (χ1n) is 7.91. The molecule has 1 aromatic carbocycles. The fraction of sp³-hybridized carbons (Fsp3) is 0.353. The van der Waals surface area contributed by atoms with Gasteiger partial charge < -0.3 is 9.90 Å². The second kappa shape index (κ2) is 7.20. The number of alkyl halides is 3. The number of aliphatic carboxylic acids is 1. The van der Waals surface area contributed by atoms with Crippen LogP contribution in [-0.2, 0) is 23.8 Å². The SMILES string of the molecule is Cn1nc(C(F)(F)F)c(C=NC2(C(=O)[O-])CC2)c1SCc1ccccc1Cl. The molecule has 2 aromatic rings. The number of carboxylic acids is 1. The molecular weight excluding hydrogens is 403 g/mol. The third-order valence-electron chi connectivity index (χ3n) is 4.16. The molecule has 0 N–H and O–H groups in total. The molecule has 0 aliphatic heterocycles. The summed E-state index contributed by atoms with van der Waals surface area (Å²) < 4.78 is 41.2. The Labute approximate surface area is 162 Å². The second-order valence-corrected chi connectivity index (χ2v) is 7.52. The number of hydrogen-bond acceptors (Lipinski definition) is 5. The lowest BCUT2D eigenvalue weighted by Crippen LogP contribution is -2.36. The average Bonchev–Trinajstić information content (AvgIpc) is 3.31. The highest BCUT2D eigenvalue weighted by atomic mass is 35.5. The number of hydrogen-bond donors (Lipinski definition) is 0. The Morgan fingerprint density at radius 3 is 2.67 bits per heavy atom. The third kappa shape index (κ3) is 4.14. The highest BCUT2D eigenvalue weighted by Crippen LogP contribution is 2.41. The lowest BCUT2D eigenvalue weighted by Gasteiger charge is -2.11. The third-order valence-corrected chi connectivity index (χ3v) is 5.75. The zero-order chi connectivity index (χ0) is 19.8. The fourth-order valence-corrected chi connectivity index (χ4v) is 3.83. The summed E-state index contributed by atoms with van der Waals surface area (Å²) in [6.45, 7) is 0. The molecule has 5 nitrogen and oxygen atoms in total. The van der Waals surface area contributed by atoms with Crippen LogP contribution in [0, 0.1) is 0 Å². The van der Waals surface area contributed by atoms with Crippen LogP contribution in [0.2, 0.25) is 5.02 Å². The Morgan fingerprint density at radius 1 is 1.44 bits per heavy atom. The van der Waals surface area contributed by atoms with Crippen LogP contribution in [0.15, 0.2) is 34.3 Å². The van der Waals surface area contributed by atoms with Crippen LogP contribution in [0.4, 0.5) is 13.2 Å². The molecule has 0 spiro atoms. The van der Waals surface area contributed by atoms with Gasteiger partial charge in [0.2, 0.25) is 0 Å². The Bertz CT molecular complexity index is 907. The molecule has 0 amide bonds. The normalized spacial score (nSPS) is 16.0. The molecule has 144 valence electrons. The van der Waals surface area contributed by atoms with Crippen LogP contribution >= 0.6 is 23.4 Å². The van der Waals surface area contributed by atoms with Crippen LogP contribution < -0.4 is 5.11 Å². The van der Waals surface area contributed by atoms with Crippen LogP contribution in [-0.4, -0.2) is 27.5 Å². The standard InChI is InChI=1S/C17H15ClF3N3O2S/c1-24-14(27-9-10-4-2-3-5-12(10)18)11(13(23-24)17(19,20)21)8-22-16(6-7-16)15(25)26/h2-5,8H,6-7,9H2,1H3,(H,25,26)/p-1. The molecule has 0 unspecified atom stereocenters. The molecule has 1 aliphatic rings. The summed E-state index contributed by atoms with van der Waals surface area (Å²) >= 11 is 7.22. The minimum atomic E-state index is -4.69. The van der Waals surface area contributed by atoms with Gasteiger partial charge in [-0.1, -0.05) is 29.8 Å². The van der Waals surface area contributed by atoms with Crippen molar-refractivity contribution < 1.29 is 23.1 Å². The van der Waals surface area contributed by atoms with Gasteiger partial charge in [-0.3, -0.25) is 9.67 Å². The van der Waals surface area contributed by atoms with E-state index >= 15 is 0 Å². The predicted molar refractivity (Wildman–Crippen MR) is 93.8 cm³/mol. The number of carbonyl (C=O) groups excluding carboxylic acids is 1. The zero-order valence-corrected chi connectivity index (χ0v) is 15.7. The maximum atomic E-state index is 13.4. The van der Waals surface area contributed by atoms with E-state index in [-0.39, 0.29) is 23.4 Å². The minimum Gasteiger partial charge on any atom is -0.547 e. The van der Waals surface area contributed by atoms with Gasteiger partial charge in [0.05, 0.1) is 11.5 Å². The van der Waals surface area contributed by atoms with Crippen molar-refractivity contribution in [3.63, 3.8) is 0 Å². The van der Waals surface area contributed by atoms with Crippen molar-refractivity contribution >= 4 is 35.5 Å². The van der Waals surface area contributed by atoms with Crippen LogP contribution in [0.3, 0.4) is 0 Å². The minimum absolute atomic E-state index is 0.222. The van der Waals surface area contributed by atoms with Gasteiger partial charge in [0.25, 0.3) is 0 Å². The first kappa shape index (κ1) is 19.8. The smallest absolute Gasteiger partial charge is 0.435 e. The van der Waals surface area contributed by atoms with Gasteiger partial charge in [0.1, 0.15) is 10.6 Å². The summed E-state index contributed by atoms with van der Waals surface area (Å²) in [4.78, 5) is 15.0. The maximum Gasteiger partial charge on any atom is 0.435 e. The second-order valence-electron chi connectivity index (χ2n) is 6.15. The topological polar surface area (TPSA) is 70.3 Å². The van der Waals surface area contributed by atoms with E-state index in [1.54, 1.807) is 24.3 Å². The fourth-order valence-electron chi connectivity index (χ4n) is 2.48. The van der Waals surface area contributed by atoms with Crippen molar-refractivity contribution in [2.24, 2.45) is 12.0 Å². The number of carbonyl (C=O) groups is 1. The summed E-state index contributed by atoms with van der Waals surface area (Å²) in [7, 11) is 1.40. The summed E-state index contributed by atoms with van der Waals surface area (Å²) in [6.07, 6.45) is -3.25. The van der Waals surface area contributed by atoms with E-state index in [0.29, 0.717) is 10.8 Å². The van der Waals surface area contributed by atoms with E-state index in [9.17, 15) is 23.1 Å². The molecule has 1 heterocycles. The van der Waals surface area contributed by atoms with Gasteiger partial charge in [-0.05, 0) is 24.5 Å². The lowest BCUT2D eigenvalue weighted by molar-refractivity contribution is -0.308. The summed E-state index contributed by atoms with van der Waals surface area (Å²) in [5, 5.41) is 15.4. The maximum absolute atomic E-state index is 13.4. The number of benzene rings is 1. The van der Waals surface area contributed by atoms with Crippen molar-refractivity contribution in [1.29, 1.82) is 0 Å². The number of aryl methyl sites for hydroxylation is 1. The van der Waals surface area contributed by atoms with Gasteiger partial charge in [-0.15, -0.1) is 11.8 Å². The Kier molecular flexibility index (Phi) is 5.27. The van der Waals surface area contributed by atoms with Gasteiger partial charge in [0.15, 0.2) is 5.69 Å². The molecule has 0 radical (unpaired) electrons. The van der Waals surface area contributed by atoms with Crippen molar-refractivity contribution in [1.82, 2.24) is 9.78 Å². The monoisotopic (exact) mass is 416 g/mol. The van der Waals surface area contributed by atoms with Gasteiger partial charge in [0, 0.05) is 24.0 Å². The van der Waals surface area contributed by atoms with Crippen molar-refractivity contribution in [2.45, 2.75) is 35.3 Å². The van der Waals surface area contributed by atoms with E-state index in [1.807, 2.05) is 0 Å². The molecule has 1 saturated carbocycles. The largest absolute Gasteiger partial charge is 0.547 e. The molecule has 10 heteroatoms. The van der Waals surface area contributed by atoms with Crippen LogP contribution in [0.5, 0.6) is 0 Å². The molecule has 1 aliphatic carbocycles. The van der Waals surface area contributed by atoms with E-state index in [0.717, 1.165) is 28.2 Å². The number of aliphatic imine (C=N–C) groups is 1. The number of carboxylic acid groups (broad SMARTS) is 1. The molecule has 0 saturated heterocycles. The highest BCUT2D eigenvalue weighted by Gasteiger charge is 2.44. The predicted octanol–water partition coefficient (Wildman–Crippen LogP) is 3.09. The van der Waals surface area contributed by atoms with Crippen molar-refractivity contribution in [3.8, 4) is 0 Å². The number of aromatic nitrogens is 2. The van der Waals surface area contributed by atoms with Crippen molar-refractivity contribution in [2.75, 3.05) is 0 Å². The average molecular weight is 417 g/mol. The number of rotatable bonds is 6. The lowest BCUT2D eigenvalue weighted by atomic mass is 10.2. The van der Waals surface area contributed by atoms with E-state index in [1.165, 1.54) is 7.05 Å². The molecule has 1 fully saturated rings. The first-order valence-corrected chi connectivity index (χ1v) is 9.27. The van der Waals surface area contributed by atoms with E-state index in [2.05, 4.69) is 10.1 Å². The van der Waals surface area contributed by atoms with Crippen LogP contribution in [0.25, 0.3) is 0 Å². The van der Waals surface area contributed by atoms with Gasteiger partial charge in [-0.2, -0.15) is 18.3 Å². The first-order chi connectivity index (χ1) is 12.6. The van der Waals surface area contributed by atoms with Gasteiger partial charge >= 0.3 is 6.18 Å². The quantitative estimate of drug-likeness (QED) is 0.536. The number of nitrogens with zero attached hydrogens (tertiary/aromatic N) is 3. The number of halogens is 4. The Balaban J connectivity index is 1.95. The molecule has 0 bridgehead atoms. The van der Waals surface area contributed by atoms with E-state index in [4.69, 9.17) is 11.6 Å². The molecule has 27 heavy (non-hydrogen) atoms. The summed E-state index contributed by atoms with van der Waals surface area (Å²) in [5.74, 6) is -1.07. The van der Waals surface area contributed by atoms with Crippen LogP contribution in [0.1, 0.15) is 29.7 Å². The highest BCUT2D eigenvalue weighted by molar-refractivity contribution is 7.98. The molecular formula is C17H14ClF3N3O2S-. The number of thioether (sulfide) groups is 1.